The van der Waals surface area contributed by atoms with Crippen LogP contribution in [-0.2, 0) is 4.74 Å². The van der Waals surface area contributed by atoms with E-state index in [1.807, 2.05) is 0 Å². The Balaban J connectivity index is 2.24. The molecule has 1 heterocycles. The summed E-state index contributed by atoms with van der Waals surface area (Å²) in [6.07, 6.45) is -3.41. The van der Waals surface area contributed by atoms with E-state index in [0.717, 1.165) is 0 Å². The first kappa shape index (κ1) is 10.7. The van der Waals surface area contributed by atoms with Gasteiger partial charge in [-0.25, -0.2) is 8.78 Å². The lowest BCUT2D eigenvalue weighted by atomic mass is 10.3. The van der Waals surface area contributed by atoms with Crippen molar-refractivity contribution in [2.45, 2.75) is 24.9 Å². The summed E-state index contributed by atoms with van der Waals surface area (Å²) in [6.45, 7) is -0.0543. The van der Waals surface area contributed by atoms with Gasteiger partial charge in [-0.1, -0.05) is 0 Å². The first-order valence-electron chi connectivity index (χ1n) is 4.00. The maximum atomic E-state index is 12.3. The van der Waals surface area contributed by atoms with Crippen LogP contribution in [0.25, 0.3) is 0 Å². The van der Waals surface area contributed by atoms with Crippen molar-refractivity contribution in [3.63, 3.8) is 0 Å². The van der Waals surface area contributed by atoms with Crippen LogP contribution < -0.4 is 5.32 Å². The zero-order valence-corrected chi connectivity index (χ0v) is 6.90. The molecule has 1 rings (SSSR count). The minimum absolute atomic E-state index is 0.357. The molecule has 0 saturated carbocycles. The van der Waals surface area contributed by atoms with E-state index in [4.69, 9.17) is 0 Å². The summed E-state index contributed by atoms with van der Waals surface area (Å²) in [6, 6.07) is 0. The Kier molecular flexibility index (Phi) is 3.49. The van der Waals surface area contributed by atoms with E-state index < -0.39 is 19.0 Å². The predicted octanol–water partition coefficient (Wildman–Crippen LogP) is 1.27. The molecule has 1 aliphatic rings. The number of ether oxygens (including phenoxy) is 1. The van der Waals surface area contributed by atoms with Gasteiger partial charge in [0.25, 0.3) is 0 Å². The molecule has 0 aliphatic carbocycles. The van der Waals surface area contributed by atoms with E-state index in [9.17, 15) is 17.6 Å². The molecule has 0 radical (unpaired) electrons. The fraction of sp³-hybridized carbons (Fsp3) is 1.00. The van der Waals surface area contributed by atoms with Gasteiger partial charge in [-0.05, 0) is 13.0 Å². The molecule has 78 valence electrons. The molecule has 0 aromatic heterocycles. The van der Waals surface area contributed by atoms with E-state index in [2.05, 4.69) is 10.1 Å². The van der Waals surface area contributed by atoms with Crippen molar-refractivity contribution in [1.29, 1.82) is 0 Å². The molecule has 1 unspecified atom stereocenters. The van der Waals surface area contributed by atoms with Gasteiger partial charge in [0, 0.05) is 6.54 Å². The lowest BCUT2D eigenvalue weighted by Gasteiger charge is -2.17. The minimum atomic E-state index is -4.03. The van der Waals surface area contributed by atoms with Crippen LogP contribution in [0.5, 0.6) is 0 Å². The summed E-state index contributed by atoms with van der Waals surface area (Å²) in [5.41, 5.74) is 0. The Labute approximate surface area is 73.2 Å². The maximum Gasteiger partial charge on any atom is 0.330 e. The molecule has 0 spiro atoms. The third-order valence-electron chi connectivity index (χ3n) is 1.85. The lowest BCUT2D eigenvalue weighted by molar-refractivity contribution is -0.174. The van der Waals surface area contributed by atoms with Crippen molar-refractivity contribution in [2.24, 2.45) is 0 Å². The number of hydrogen-bond donors (Lipinski definition) is 1. The van der Waals surface area contributed by atoms with Crippen LogP contribution in [0.2, 0.25) is 0 Å². The largest absolute Gasteiger partial charge is 0.370 e. The number of hydrogen-bond acceptors (Lipinski definition) is 2. The predicted molar refractivity (Wildman–Crippen MR) is 38.2 cm³/mol. The Morgan fingerprint density at radius 3 is 2.62 bits per heavy atom. The second-order valence-electron chi connectivity index (χ2n) is 2.99. The Hall–Kier alpha value is -0.360. The van der Waals surface area contributed by atoms with Crippen LogP contribution in [0, 0.1) is 0 Å². The van der Waals surface area contributed by atoms with E-state index >= 15 is 0 Å². The molecule has 1 aliphatic heterocycles. The molecule has 0 aromatic rings. The van der Waals surface area contributed by atoms with Gasteiger partial charge in [-0.3, -0.25) is 0 Å². The number of alkyl halides is 4. The van der Waals surface area contributed by atoms with Crippen LogP contribution in [0.3, 0.4) is 0 Å². The summed E-state index contributed by atoms with van der Waals surface area (Å²) in [5.74, 6) is -4.03. The van der Waals surface area contributed by atoms with E-state index in [1.165, 1.54) is 0 Å². The number of nitrogens with one attached hydrogen (secondary N) is 1. The van der Waals surface area contributed by atoms with E-state index in [-0.39, 0.29) is 6.10 Å². The molecule has 0 aromatic carbocycles. The molecule has 0 bridgehead atoms. The molecule has 13 heavy (non-hydrogen) atoms. The topological polar surface area (TPSA) is 21.3 Å². The minimum Gasteiger partial charge on any atom is -0.370 e. The van der Waals surface area contributed by atoms with E-state index in [0.29, 0.717) is 19.5 Å². The highest BCUT2D eigenvalue weighted by molar-refractivity contribution is 4.74. The van der Waals surface area contributed by atoms with Crippen molar-refractivity contribution in [2.75, 3.05) is 19.7 Å². The van der Waals surface area contributed by atoms with Gasteiger partial charge in [-0.15, -0.1) is 0 Å². The highest BCUT2D eigenvalue weighted by Gasteiger charge is 2.41. The van der Waals surface area contributed by atoms with Crippen LogP contribution >= 0.6 is 0 Å². The van der Waals surface area contributed by atoms with Gasteiger partial charge in [-0.2, -0.15) is 8.78 Å². The quantitative estimate of drug-likeness (QED) is 0.691. The van der Waals surface area contributed by atoms with Gasteiger partial charge in [0.2, 0.25) is 0 Å². The van der Waals surface area contributed by atoms with Gasteiger partial charge < -0.3 is 10.1 Å². The number of halogens is 4. The third-order valence-corrected chi connectivity index (χ3v) is 1.85. The SMILES string of the molecule is FC(F)C(F)(F)COC1CCNC1. The van der Waals surface area contributed by atoms with Gasteiger partial charge in [0.05, 0.1) is 6.10 Å². The fourth-order valence-corrected chi connectivity index (χ4v) is 1.06. The van der Waals surface area contributed by atoms with Crippen molar-refractivity contribution in [1.82, 2.24) is 5.32 Å². The van der Waals surface area contributed by atoms with Gasteiger partial charge >= 0.3 is 12.3 Å². The summed E-state index contributed by atoms with van der Waals surface area (Å²) in [4.78, 5) is 0. The van der Waals surface area contributed by atoms with Crippen molar-refractivity contribution in [3.8, 4) is 0 Å². The molecule has 0 amide bonds. The van der Waals surface area contributed by atoms with Crippen molar-refractivity contribution >= 4 is 0 Å². The average molecular weight is 201 g/mol. The first-order chi connectivity index (χ1) is 6.02. The molecule has 2 nitrogen and oxygen atoms in total. The molecule has 6 heteroatoms. The summed E-state index contributed by atoms with van der Waals surface area (Å²) >= 11 is 0. The Morgan fingerprint density at radius 2 is 2.15 bits per heavy atom. The number of rotatable bonds is 4. The first-order valence-corrected chi connectivity index (χ1v) is 4.00. The van der Waals surface area contributed by atoms with Crippen LogP contribution in [0.1, 0.15) is 6.42 Å². The summed E-state index contributed by atoms with van der Waals surface area (Å²) < 4.78 is 52.5. The highest BCUT2D eigenvalue weighted by atomic mass is 19.3. The molecular weight excluding hydrogens is 190 g/mol. The summed E-state index contributed by atoms with van der Waals surface area (Å²) in [5, 5.41) is 2.88. The zero-order chi connectivity index (χ0) is 9.90. The Bertz CT molecular complexity index is 159. The molecular formula is C7H11F4NO. The fourth-order valence-electron chi connectivity index (χ4n) is 1.06. The van der Waals surface area contributed by atoms with E-state index in [1.54, 1.807) is 0 Å². The Morgan fingerprint density at radius 1 is 1.46 bits per heavy atom. The van der Waals surface area contributed by atoms with Crippen LogP contribution in [0.4, 0.5) is 17.6 Å². The normalized spacial score (nSPS) is 24.2. The third kappa shape index (κ3) is 3.11. The maximum absolute atomic E-state index is 12.3. The molecule has 1 atom stereocenters. The lowest BCUT2D eigenvalue weighted by Crippen LogP contribution is -2.34. The van der Waals surface area contributed by atoms with Crippen LogP contribution in [-0.4, -0.2) is 38.1 Å². The van der Waals surface area contributed by atoms with Crippen LogP contribution in [0.15, 0.2) is 0 Å². The summed E-state index contributed by atoms with van der Waals surface area (Å²) in [7, 11) is 0. The van der Waals surface area contributed by atoms with Gasteiger partial charge in [0.1, 0.15) is 6.61 Å². The van der Waals surface area contributed by atoms with Crippen molar-refractivity contribution in [3.05, 3.63) is 0 Å². The molecule has 1 N–H and O–H groups in total. The van der Waals surface area contributed by atoms with Crippen molar-refractivity contribution < 1.29 is 22.3 Å². The molecule has 1 fully saturated rings. The van der Waals surface area contributed by atoms with Gasteiger partial charge in [0.15, 0.2) is 0 Å². The standard InChI is InChI=1S/C7H11F4NO/c8-6(9)7(10,11)4-13-5-1-2-12-3-5/h5-6,12H,1-4H2. The second-order valence-corrected chi connectivity index (χ2v) is 2.99. The smallest absolute Gasteiger partial charge is 0.330 e. The zero-order valence-electron chi connectivity index (χ0n) is 6.90. The second kappa shape index (κ2) is 4.23. The highest BCUT2D eigenvalue weighted by Crippen LogP contribution is 2.23. The average Bonchev–Trinajstić information content (AvgIpc) is 2.52. The monoisotopic (exact) mass is 201 g/mol. The molecule has 1 saturated heterocycles.